The van der Waals surface area contributed by atoms with Crippen LogP contribution in [0.3, 0.4) is 0 Å². The van der Waals surface area contributed by atoms with Crippen molar-refractivity contribution in [2.75, 3.05) is 47.5 Å². The Morgan fingerprint density at radius 3 is 1.08 bits per heavy atom. The van der Waals surface area contributed by atoms with Crippen molar-refractivity contribution >= 4 is 19.8 Å². The molecule has 0 rings (SSSR count). The summed E-state index contributed by atoms with van der Waals surface area (Å²) in [5.41, 5.74) is 0. The van der Waals surface area contributed by atoms with Gasteiger partial charge in [0.1, 0.15) is 19.8 Å². The van der Waals surface area contributed by atoms with Gasteiger partial charge in [-0.2, -0.15) is 0 Å². The second-order valence-electron chi connectivity index (χ2n) is 18.6. The summed E-state index contributed by atoms with van der Waals surface area (Å²) >= 11 is 0. The highest BCUT2D eigenvalue weighted by atomic mass is 31.2. The molecule has 0 bridgehead atoms. The van der Waals surface area contributed by atoms with Crippen molar-refractivity contribution in [1.29, 1.82) is 0 Å². The highest BCUT2D eigenvalue weighted by molar-refractivity contribution is 7.45. The molecule has 0 radical (unpaired) electrons. The number of esters is 2. The van der Waals surface area contributed by atoms with Gasteiger partial charge in [-0.1, -0.05) is 226 Å². The first-order valence-corrected chi connectivity index (χ1v) is 26.7. The molecule has 0 aromatic rings. The zero-order chi connectivity index (χ0) is 43.6. The molecule has 0 saturated carbocycles. The zero-order valence-corrected chi connectivity index (χ0v) is 40.6. The lowest BCUT2D eigenvalue weighted by Crippen LogP contribution is -2.37. The number of nitrogens with zero attached hydrogens (tertiary/aromatic N) is 1. The van der Waals surface area contributed by atoms with Crippen LogP contribution in [0, 0.1) is 0 Å². The second-order valence-corrected chi connectivity index (χ2v) is 20.0. The van der Waals surface area contributed by atoms with Gasteiger partial charge in [0.2, 0.25) is 0 Å². The first-order valence-electron chi connectivity index (χ1n) is 25.2. The summed E-state index contributed by atoms with van der Waals surface area (Å²) in [6.45, 7) is 4.29. The zero-order valence-electron chi connectivity index (χ0n) is 39.7. The van der Waals surface area contributed by atoms with Gasteiger partial charge in [0.25, 0.3) is 7.82 Å². The van der Waals surface area contributed by atoms with Crippen LogP contribution in [0.1, 0.15) is 251 Å². The lowest BCUT2D eigenvalue weighted by atomic mass is 10.0. The van der Waals surface area contributed by atoms with E-state index in [1.165, 1.54) is 186 Å². The lowest BCUT2D eigenvalue weighted by molar-refractivity contribution is -0.870. The van der Waals surface area contributed by atoms with E-state index in [1.807, 2.05) is 21.1 Å². The third kappa shape index (κ3) is 46.3. The van der Waals surface area contributed by atoms with Crippen molar-refractivity contribution in [3.63, 3.8) is 0 Å². The first kappa shape index (κ1) is 58.0. The fourth-order valence-corrected chi connectivity index (χ4v) is 8.15. The number of carbonyl (C=O) groups is 2. The molecule has 10 heteroatoms. The summed E-state index contributed by atoms with van der Waals surface area (Å²) in [5.74, 6) is -0.814. The molecule has 0 heterocycles. The van der Waals surface area contributed by atoms with E-state index in [0.717, 1.165) is 32.1 Å². The van der Waals surface area contributed by atoms with Gasteiger partial charge in [0.15, 0.2) is 6.10 Å². The van der Waals surface area contributed by atoms with Gasteiger partial charge in [0, 0.05) is 12.8 Å². The quantitative estimate of drug-likeness (QED) is 0.0257. The topological polar surface area (TPSA) is 111 Å². The second kappa shape index (κ2) is 42.3. The SMILES string of the molecule is CCCCCCCCCCCCCCCCCCCCCC(=O)OCC(COP(=O)([O-])OCC[N+](C)(C)C)OC(=O)CCCCCCCCCCCCCCCCCC. The molecular weight excluding hydrogens is 762 g/mol. The Kier molecular flexibility index (Phi) is 41.6. The Morgan fingerprint density at radius 2 is 0.763 bits per heavy atom. The number of quaternary nitrogens is 1. The molecule has 0 aliphatic rings. The number of unbranched alkanes of at least 4 members (excludes halogenated alkanes) is 33. The predicted octanol–water partition coefficient (Wildman–Crippen LogP) is 14.1. The van der Waals surface area contributed by atoms with Crippen LogP contribution in [-0.2, 0) is 32.7 Å². The highest BCUT2D eigenvalue weighted by Crippen LogP contribution is 2.38. The standard InChI is InChI=1S/C49H98NO8P/c1-6-8-10-12-14-16-18-20-22-24-25-26-28-29-31-33-35-37-39-41-48(51)55-45-47(46-57-59(53,54)56-44-43-50(3,4)5)58-49(52)42-40-38-36-34-32-30-27-23-21-19-17-15-13-11-9-7-2/h47H,6-46H2,1-5H3. The maximum atomic E-state index is 12.7. The third-order valence-electron chi connectivity index (χ3n) is 11.4. The van der Waals surface area contributed by atoms with Crippen molar-refractivity contribution < 1.29 is 42.1 Å². The molecule has 59 heavy (non-hydrogen) atoms. The number of likely N-dealkylation sites (N-methyl/N-ethyl adjacent to an activating group) is 1. The maximum Gasteiger partial charge on any atom is 0.306 e. The van der Waals surface area contributed by atoms with Crippen LogP contribution < -0.4 is 4.89 Å². The Bertz CT molecular complexity index is 974. The minimum Gasteiger partial charge on any atom is -0.756 e. The minimum absolute atomic E-state index is 0.0254. The molecule has 0 aromatic heterocycles. The van der Waals surface area contributed by atoms with Crippen LogP contribution in [0.4, 0.5) is 0 Å². The Morgan fingerprint density at radius 1 is 0.458 bits per heavy atom. The van der Waals surface area contributed by atoms with Crippen LogP contribution in [-0.4, -0.2) is 70.0 Å². The summed E-state index contributed by atoms with van der Waals surface area (Å²) < 4.78 is 34.0. The van der Waals surface area contributed by atoms with E-state index in [4.69, 9.17) is 18.5 Å². The molecule has 0 aromatic carbocycles. The Balaban J connectivity index is 4.21. The monoisotopic (exact) mass is 860 g/mol. The van der Waals surface area contributed by atoms with Gasteiger partial charge in [-0.3, -0.25) is 14.2 Å². The average molecular weight is 860 g/mol. The summed E-state index contributed by atoms with van der Waals surface area (Å²) in [6.07, 6.45) is 44.1. The molecule has 0 saturated heterocycles. The van der Waals surface area contributed by atoms with E-state index >= 15 is 0 Å². The fourth-order valence-electron chi connectivity index (χ4n) is 7.42. The molecular formula is C49H98NO8P. The smallest absolute Gasteiger partial charge is 0.306 e. The van der Waals surface area contributed by atoms with Crippen LogP contribution in [0.25, 0.3) is 0 Å². The molecule has 2 atom stereocenters. The van der Waals surface area contributed by atoms with Crippen molar-refractivity contribution in [1.82, 2.24) is 0 Å². The number of rotatable bonds is 47. The largest absolute Gasteiger partial charge is 0.756 e. The molecule has 0 spiro atoms. The summed E-state index contributed by atoms with van der Waals surface area (Å²) in [5, 5.41) is 0. The van der Waals surface area contributed by atoms with Crippen LogP contribution in [0.5, 0.6) is 0 Å². The van der Waals surface area contributed by atoms with Gasteiger partial charge < -0.3 is 27.9 Å². The van der Waals surface area contributed by atoms with E-state index < -0.39 is 26.5 Å². The summed E-state index contributed by atoms with van der Waals surface area (Å²) in [7, 11) is 1.19. The van der Waals surface area contributed by atoms with E-state index in [0.29, 0.717) is 17.4 Å². The normalized spacial score (nSPS) is 13.4. The van der Waals surface area contributed by atoms with Crippen LogP contribution in [0.15, 0.2) is 0 Å². The van der Waals surface area contributed by atoms with Crippen molar-refractivity contribution in [3.05, 3.63) is 0 Å². The summed E-state index contributed by atoms with van der Waals surface area (Å²) in [6, 6.07) is 0. The van der Waals surface area contributed by atoms with Crippen molar-refractivity contribution in [2.45, 2.75) is 258 Å². The number of carbonyl (C=O) groups excluding carboxylic acids is 2. The summed E-state index contributed by atoms with van der Waals surface area (Å²) in [4.78, 5) is 37.7. The molecule has 0 aliphatic carbocycles. The highest BCUT2D eigenvalue weighted by Gasteiger charge is 2.21. The van der Waals surface area contributed by atoms with E-state index in [9.17, 15) is 19.0 Å². The number of phosphoric acid groups is 1. The van der Waals surface area contributed by atoms with Crippen molar-refractivity contribution in [2.24, 2.45) is 0 Å². The molecule has 0 amide bonds. The lowest BCUT2D eigenvalue weighted by Gasteiger charge is -2.28. The third-order valence-corrected chi connectivity index (χ3v) is 12.3. The van der Waals surface area contributed by atoms with Gasteiger partial charge in [-0.05, 0) is 12.8 Å². The van der Waals surface area contributed by atoms with Gasteiger partial charge in [-0.15, -0.1) is 0 Å². The molecule has 0 aliphatic heterocycles. The number of hydrogen-bond acceptors (Lipinski definition) is 8. The number of ether oxygens (including phenoxy) is 2. The van der Waals surface area contributed by atoms with E-state index in [2.05, 4.69) is 13.8 Å². The molecule has 0 fully saturated rings. The number of phosphoric ester groups is 1. The molecule has 352 valence electrons. The number of hydrogen-bond donors (Lipinski definition) is 0. The fraction of sp³-hybridized carbons (Fsp3) is 0.959. The van der Waals surface area contributed by atoms with Gasteiger partial charge >= 0.3 is 11.9 Å². The Hall–Kier alpha value is -0.990. The average Bonchev–Trinajstić information content (AvgIpc) is 3.19. The van der Waals surface area contributed by atoms with Crippen molar-refractivity contribution in [3.8, 4) is 0 Å². The van der Waals surface area contributed by atoms with Crippen LogP contribution in [0.2, 0.25) is 0 Å². The molecule has 2 unspecified atom stereocenters. The predicted molar refractivity (Wildman–Crippen MR) is 245 cm³/mol. The molecule has 9 nitrogen and oxygen atoms in total. The van der Waals surface area contributed by atoms with Crippen LogP contribution >= 0.6 is 7.82 Å². The maximum absolute atomic E-state index is 12.7. The van der Waals surface area contributed by atoms with E-state index in [-0.39, 0.29) is 32.0 Å². The minimum atomic E-state index is -4.62. The van der Waals surface area contributed by atoms with Gasteiger partial charge in [0.05, 0.1) is 27.7 Å². The first-order chi connectivity index (χ1) is 28.5. The van der Waals surface area contributed by atoms with E-state index in [1.54, 1.807) is 0 Å². The Labute approximate surface area is 365 Å². The van der Waals surface area contributed by atoms with Gasteiger partial charge in [-0.25, -0.2) is 0 Å². The molecule has 0 N–H and O–H groups in total.